The van der Waals surface area contributed by atoms with Gasteiger partial charge in [-0.3, -0.25) is 0 Å². The number of hydrogen-bond donors (Lipinski definition) is 1. The fourth-order valence-corrected chi connectivity index (χ4v) is 1.36. The lowest BCUT2D eigenvalue weighted by atomic mass is 10.3. The summed E-state index contributed by atoms with van der Waals surface area (Å²) in [7, 11) is 1.44. The van der Waals surface area contributed by atoms with Gasteiger partial charge >= 0.3 is 0 Å². The van der Waals surface area contributed by atoms with Crippen LogP contribution in [-0.4, -0.2) is 17.1 Å². The van der Waals surface area contributed by atoms with Gasteiger partial charge in [-0.05, 0) is 12.1 Å². The summed E-state index contributed by atoms with van der Waals surface area (Å²) in [5.41, 5.74) is 5.47. The van der Waals surface area contributed by atoms with Gasteiger partial charge in [0.25, 0.3) is 0 Å². The highest BCUT2D eigenvalue weighted by Crippen LogP contribution is 2.26. The zero-order chi connectivity index (χ0) is 13.1. The van der Waals surface area contributed by atoms with E-state index >= 15 is 0 Å². The number of aromatic nitrogens is 2. The Hall–Kier alpha value is -2.08. The minimum absolute atomic E-state index is 0.00112. The molecule has 0 aliphatic rings. The summed E-state index contributed by atoms with van der Waals surface area (Å²) in [6.45, 7) is 0. The van der Waals surface area contributed by atoms with E-state index in [2.05, 4.69) is 9.97 Å². The topological polar surface area (TPSA) is 70.3 Å². The number of nitrogens with two attached hydrogens (primary N) is 1. The molecule has 1 aromatic carbocycles. The Kier molecular flexibility index (Phi) is 3.47. The van der Waals surface area contributed by atoms with Crippen molar-refractivity contribution in [3.63, 3.8) is 0 Å². The van der Waals surface area contributed by atoms with Crippen LogP contribution in [0.25, 0.3) is 0 Å². The first-order valence-electron chi connectivity index (χ1n) is 4.90. The highest BCUT2D eigenvalue weighted by molar-refractivity contribution is 6.30. The third kappa shape index (κ3) is 2.78. The van der Waals surface area contributed by atoms with E-state index in [0.29, 0.717) is 0 Å². The van der Waals surface area contributed by atoms with Crippen molar-refractivity contribution in [3.8, 4) is 17.5 Å². The molecular weight excluding hydrogens is 261 g/mol. The maximum Gasteiger partial charge on any atom is 0.227 e. The van der Waals surface area contributed by atoms with Crippen LogP contribution in [0.5, 0.6) is 17.5 Å². The maximum absolute atomic E-state index is 13.2. The molecule has 0 amide bonds. The normalized spacial score (nSPS) is 10.2. The third-order valence-corrected chi connectivity index (χ3v) is 2.33. The van der Waals surface area contributed by atoms with Gasteiger partial charge in [0.15, 0.2) is 0 Å². The third-order valence-electron chi connectivity index (χ3n) is 2.02. The van der Waals surface area contributed by atoms with Crippen molar-refractivity contribution >= 4 is 17.5 Å². The molecule has 2 rings (SSSR count). The highest BCUT2D eigenvalue weighted by atomic mass is 35.5. The molecule has 0 atom stereocenters. The van der Waals surface area contributed by atoms with Crippen LogP contribution in [0.3, 0.4) is 0 Å². The lowest BCUT2D eigenvalue weighted by Gasteiger charge is -2.07. The van der Waals surface area contributed by atoms with Gasteiger partial charge in [0, 0.05) is 6.07 Å². The quantitative estimate of drug-likeness (QED) is 0.927. The molecule has 0 aliphatic heterocycles. The summed E-state index contributed by atoms with van der Waals surface area (Å²) in [4.78, 5) is 7.63. The zero-order valence-electron chi connectivity index (χ0n) is 9.35. The van der Waals surface area contributed by atoms with Gasteiger partial charge in [-0.1, -0.05) is 11.6 Å². The van der Waals surface area contributed by atoms with Crippen molar-refractivity contribution in [2.24, 2.45) is 0 Å². The maximum atomic E-state index is 13.2. The second kappa shape index (κ2) is 5.05. The fourth-order valence-electron chi connectivity index (χ4n) is 1.24. The first-order valence-corrected chi connectivity index (χ1v) is 5.28. The SMILES string of the molecule is COc1cc(Oc2ccc(Cl)c(F)c2)nc(N)n1. The number of methoxy groups -OCH3 is 1. The molecule has 5 nitrogen and oxygen atoms in total. The van der Waals surface area contributed by atoms with Crippen LogP contribution in [0.15, 0.2) is 24.3 Å². The van der Waals surface area contributed by atoms with E-state index in [4.69, 9.17) is 26.8 Å². The Labute approximate surface area is 107 Å². The Morgan fingerprint density at radius 1 is 1.22 bits per heavy atom. The predicted octanol–water partition coefficient (Wildman–Crippen LogP) is 2.65. The monoisotopic (exact) mass is 269 g/mol. The summed E-state index contributed by atoms with van der Waals surface area (Å²) in [6.07, 6.45) is 0. The van der Waals surface area contributed by atoms with Gasteiger partial charge in [0.2, 0.25) is 17.7 Å². The molecule has 0 radical (unpaired) electrons. The fraction of sp³-hybridized carbons (Fsp3) is 0.0909. The lowest BCUT2D eigenvalue weighted by Crippen LogP contribution is -1.99. The lowest BCUT2D eigenvalue weighted by molar-refractivity contribution is 0.389. The Morgan fingerprint density at radius 2 is 1.94 bits per heavy atom. The number of nitrogen functional groups attached to an aromatic ring is 1. The first kappa shape index (κ1) is 12.4. The van der Waals surface area contributed by atoms with Crippen LogP contribution < -0.4 is 15.2 Å². The van der Waals surface area contributed by atoms with Gasteiger partial charge in [0.05, 0.1) is 18.2 Å². The highest BCUT2D eigenvalue weighted by Gasteiger charge is 2.07. The number of benzene rings is 1. The summed E-state index contributed by atoms with van der Waals surface area (Å²) in [5.74, 6) is 0.0759. The molecule has 2 N–H and O–H groups in total. The molecule has 0 aliphatic carbocycles. The zero-order valence-corrected chi connectivity index (χ0v) is 10.1. The van der Waals surface area contributed by atoms with Crippen LogP contribution >= 0.6 is 11.6 Å². The van der Waals surface area contributed by atoms with Crippen LogP contribution in [-0.2, 0) is 0 Å². The van der Waals surface area contributed by atoms with Crippen LogP contribution in [0.1, 0.15) is 0 Å². The molecule has 0 saturated carbocycles. The van der Waals surface area contributed by atoms with Crippen LogP contribution in [0, 0.1) is 5.82 Å². The number of halogens is 2. The molecule has 1 aromatic heterocycles. The van der Waals surface area contributed by atoms with E-state index in [0.717, 1.165) is 6.07 Å². The van der Waals surface area contributed by atoms with Gasteiger partial charge in [-0.15, -0.1) is 0 Å². The second-order valence-electron chi connectivity index (χ2n) is 3.28. The molecule has 0 fully saturated rings. The molecule has 7 heteroatoms. The summed E-state index contributed by atoms with van der Waals surface area (Å²) < 4.78 is 23.5. The van der Waals surface area contributed by atoms with Crippen molar-refractivity contribution in [2.45, 2.75) is 0 Å². The summed E-state index contributed by atoms with van der Waals surface area (Å²) in [6, 6.07) is 5.47. The van der Waals surface area contributed by atoms with Crippen molar-refractivity contribution < 1.29 is 13.9 Å². The van der Waals surface area contributed by atoms with Gasteiger partial charge in [-0.2, -0.15) is 9.97 Å². The molecule has 1 heterocycles. The molecule has 0 spiro atoms. The average molecular weight is 270 g/mol. The van der Waals surface area contributed by atoms with E-state index in [1.807, 2.05) is 0 Å². The van der Waals surface area contributed by atoms with E-state index in [1.165, 1.54) is 25.3 Å². The van der Waals surface area contributed by atoms with Crippen molar-refractivity contribution in [1.82, 2.24) is 9.97 Å². The van der Waals surface area contributed by atoms with Gasteiger partial charge in [0.1, 0.15) is 11.6 Å². The molecule has 2 aromatic rings. The van der Waals surface area contributed by atoms with Gasteiger partial charge in [-0.25, -0.2) is 4.39 Å². The van der Waals surface area contributed by atoms with E-state index in [-0.39, 0.29) is 28.5 Å². The first-order chi connectivity index (χ1) is 8.58. The van der Waals surface area contributed by atoms with E-state index in [1.54, 1.807) is 0 Å². The van der Waals surface area contributed by atoms with E-state index < -0.39 is 5.82 Å². The van der Waals surface area contributed by atoms with Crippen LogP contribution in [0.2, 0.25) is 5.02 Å². The summed E-state index contributed by atoms with van der Waals surface area (Å²) >= 11 is 5.56. The van der Waals surface area contributed by atoms with Crippen molar-refractivity contribution in [2.75, 3.05) is 12.8 Å². The Bertz CT molecular complexity index is 580. The smallest absolute Gasteiger partial charge is 0.227 e. The number of ether oxygens (including phenoxy) is 2. The largest absolute Gasteiger partial charge is 0.481 e. The standard InChI is InChI=1S/C11H9ClFN3O2/c1-17-9-5-10(16-11(14)15-9)18-6-2-3-7(12)8(13)4-6/h2-5H,1H3,(H2,14,15,16). The van der Waals surface area contributed by atoms with Gasteiger partial charge < -0.3 is 15.2 Å². The molecule has 94 valence electrons. The summed E-state index contributed by atoms with van der Waals surface area (Å²) in [5, 5.41) is 0.0159. The molecule has 0 unspecified atom stereocenters. The molecule has 0 saturated heterocycles. The Morgan fingerprint density at radius 3 is 2.61 bits per heavy atom. The minimum Gasteiger partial charge on any atom is -0.481 e. The average Bonchev–Trinajstić information content (AvgIpc) is 2.33. The number of rotatable bonds is 3. The number of nitrogens with zero attached hydrogens (tertiary/aromatic N) is 2. The number of anilines is 1. The molecule has 0 bridgehead atoms. The molecular formula is C11H9ClFN3O2. The van der Waals surface area contributed by atoms with Crippen molar-refractivity contribution in [1.29, 1.82) is 0 Å². The van der Waals surface area contributed by atoms with Crippen molar-refractivity contribution in [3.05, 3.63) is 35.1 Å². The minimum atomic E-state index is -0.580. The van der Waals surface area contributed by atoms with Crippen LogP contribution in [0.4, 0.5) is 10.3 Å². The Balaban J connectivity index is 2.27. The van der Waals surface area contributed by atoms with E-state index in [9.17, 15) is 4.39 Å². The number of hydrogen-bond acceptors (Lipinski definition) is 5. The molecule has 18 heavy (non-hydrogen) atoms. The second-order valence-corrected chi connectivity index (χ2v) is 3.69. The predicted molar refractivity (Wildman–Crippen MR) is 64.5 cm³/mol.